The first-order chi connectivity index (χ1) is 17.2. The minimum absolute atomic E-state index is 0.245. The lowest BCUT2D eigenvalue weighted by atomic mass is 9.96. The SMILES string of the molecule is COc1cc(OCc2cccc(-c3ccccc3)c2C#N)cc(OC)c1CNCc1cccnc1. The third-order valence-electron chi connectivity index (χ3n) is 5.68. The number of rotatable bonds is 10. The number of ether oxygens (including phenoxy) is 3. The highest BCUT2D eigenvalue weighted by molar-refractivity contribution is 5.72. The highest BCUT2D eigenvalue weighted by atomic mass is 16.5. The summed E-state index contributed by atoms with van der Waals surface area (Å²) in [6.07, 6.45) is 3.59. The maximum Gasteiger partial charge on any atom is 0.130 e. The Labute approximate surface area is 205 Å². The smallest absolute Gasteiger partial charge is 0.130 e. The van der Waals surface area contributed by atoms with Gasteiger partial charge in [0.2, 0.25) is 0 Å². The molecule has 0 radical (unpaired) electrons. The lowest BCUT2D eigenvalue weighted by Crippen LogP contribution is -2.14. The molecule has 0 atom stereocenters. The Bertz CT molecular complexity index is 1280. The number of nitriles is 1. The van der Waals surface area contributed by atoms with Crippen molar-refractivity contribution in [1.82, 2.24) is 10.3 Å². The standard InChI is InChI=1S/C29H27N3O3/c1-33-28-14-24(15-29(34-2)27(28)19-32-18-21-8-7-13-31-17-21)35-20-23-11-6-12-25(26(23)16-30)22-9-4-3-5-10-22/h3-15,17,32H,18-20H2,1-2H3. The van der Waals surface area contributed by atoms with Gasteiger partial charge < -0.3 is 19.5 Å². The van der Waals surface area contributed by atoms with Gasteiger partial charge in [0.05, 0.1) is 25.3 Å². The second-order valence-electron chi connectivity index (χ2n) is 7.88. The molecule has 0 saturated heterocycles. The summed E-state index contributed by atoms with van der Waals surface area (Å²) < 4.78 is 17.4. The van der Waals surface area contributed by atoms with Crippen LogP contribution in [0.4, 0.5) is 0 Å². The number of benzene rings is 3. The molecule has 0 spiro atoms. The fraction of sp³-hybridized carbons (Fsp3) is 0.172. The minimum atomic E-state index is 0.245. The van der Waals surface area contributed by atoms with E-state index in [1.807, 2.05) is 79.0 Å². The summed E-state index contributed by atoms with van der Waals surface area (Å²) in [5, 5.41) is 13.3. The van der Waals surface area contributed by atoms with E-state index >= 15 is 0 Å². The van der Waals surface area contributed by atoms with Crippen molar-refractivity contribution in [3.63, 3.8) is 0 Å². The van der Waals surface area contributed by atoms with Crippen LogP contribution in [0.5, 0.6) is 17.2 Å². The van der Waals surface area contributed by atoms with Crippen LogP contribution in [-0.4, -0.2) is 19.2 Å². The minimum Gasteiger partial charge on any atom is -0.496 e. The van der Waals surface area contributed by atoms with E-state index in [2.05, 4.69) is 16.4 Å². The fourth-order valence-electron chi connectivity index (χ4n) is 3.92. The number of methoxy groups -OCH3 is 2. The second kappa shape index (κ2) is 11.7. The molecule has 1 aromatic heterocycles. The zero-order chi connectivity index (χ0) is 24.5. The molecule has 0 fully saturated rings. The summed E-state index contributed by atoms with van der Waals surface area (Å²) in [7, 11) is 3.25. The van der Waals surface area contributed by atoms with Gasteiger partial charge >= 0.3 is 0 Å². The summed E-state index contributed by atoms with van der Waals surface area (Å²) in [5.41, 5.74) is 5.30. The third-order valence-corrected chi connectivity index (χ3v) is 5.68. The largest absolute Gasteiger partial charge is 0.496 e. The van der Waals surface area contributed by atoms with Gasteiger partial charge in [0.1, 0.15) is 29.9 Å². The molecule has 0 aliphatic heterocycles. The zero-order valence-corrected chi connectivity index (χ0v) is 19.8. The first kappa shape index (κ1) is 23.8. The number of hydrogen-bond acceptors (Lipinski definition) is 6. The van der Waals surface area contributed by atoms with Crippen molar-refractivity contribution in [2.75, 3.05) is 14.2 Å². The van der Waals surface area contributed by atoms with Crippen LogP contribution in [0.15, 0.2) is 85.2 Å². The normalized spacial score (nSPS) is 10.4. The molecule has 35 heavy (non-hydrogen) atoms. The van der Waals surface area contributed by atoms with Crippen molar-refractivity contribution in [2.45, 2.75) is 19.7 Å². The molecular formula is C29H27N3O3. The van der Waals surface area contributed by atoms with Crippen LogP contribution in [0.25, 0.3) is 11.1 Å². The van der Waals surface area contributed by atoms with Crippen molar-refractivity contribution in [3.05, 3.63) is 107 Å². The van der Waals surface area contributed by atoms with E-state index in [-0.39, 0.29) is 6.61 Å². The quantitative estimate of drug-likeness (QED) is 0.333. The molecular weight excluding hydrogens is 438 g/mol. The first-order valence-corrected chi connectivity index (χ1v) is 11.3. The van der Waals surface area contributed by atoms with E-state index in [4.69, 9.17) is 14.2 Å². The van der Waals surface area contributed by atoms with Gasteiger partial charge in [-0.25, -0.2) is 0 Å². The third kappa shape index (κ3) is 5.78. The topological polar surface area (TPSA) is 76.4 Å². The maximum absolute atomic E-state index is 9.87. The summed E-state index contributed by atoms with van der Waals surface area (Å²) in [5.74, 6) is 1.93. The molecule has 4 rings (SSSR count). The van der Waals surface area contributed by atoms with Crippen LogP contribution in [-0.2, 0) is 19.7 Å². The van der Waals surface area contributed by atoms with E-state index in [9.17, 15) is 5.26 Å². The van der Waals surface area contributed by atoms with Gasteiger partial charge in [0.15, 0.2) is 0 Å². The number of hydrogen-bond donors (Lipinski definition) is 1. The monoisotopic (exact) mass is 465 g/mol. The van der Waals surface area contributed by atoms with Crippen molar-refractivity contribution in [3.8, 4) is 34.4 Å². The summed E-state index contributed by atoms with van der Waals surface area (Å²) >= 11 is 0. The van der Waals surface area contributed by atoms with E-state index in [0.29, 0.717) is 35.9 Å². The van der Waals surface area contributed by atoms with E-state index < -0.39 is 0 Å². The van der Waals surface area contributed by atoms with Gasteiger partial charge in [0.25, 0.3) is 0 Å². The van der Waals surface area contributed by atoms with Gasteiger partial charge in [0, 0.05) is 43.2 Å². The Hall–Kier alpha value is -4.34. The molecule has 1 N–H and O–H groups in total. The van der Waals surface area contributed by atoms with Crippen LogP contribution < -0.4 is 19.5 Å². The molecule has 3 aromatic carbocycles. The summed E-state index contributed by atoms with van der Waals surface area (Å²) in [6.45, 7) is 1.47. The van der Waals surface area contributed by atoms with Crippen molar-refractivity contribution >= 4 is 0 Å². The van der Waals surface area contributed by atoms with Crippen LogP contribution in [0.1, 0.15) is 22.3 Å². The Morgan fingerprint density at radius 2 is 1.66 bits per heavy atom. The van der Waals surface area contributed by atoms with E-state index in [1.165, 1.54) is 0 Å². The molecule has 0 saturated carbocycles. The molecule has 0 unspecified atom stereocenters. The maximum atomic E-state index is 9.87. The van der Waals surface area contributed by atoms with Gasteiger partial charge in [-0.3, -0.25) is 4.98 Å². The average Bonchev–Trinajstić information content (AvgIpc) is 2.92. The van der Waals surface area contributed by atoms with Crippen LogP contribution in [0, 0.1) is 11.3 Å². The van der Waals surface area contributed by atoms with Crippen molar-refractivity contribution in [1.29, 1.82) is 5.26 Å². The molecule has 6 nitrogen and oxygen atoms in total. The highest BCUT2D eigenvalue weighted by Gasteiger charge is 2.15. The van der Waals surface area contributed by atoms with E-state index in [1.54, 1.807) is 20.4 Å². The lowest BCUT2D eigenvalue weighted by Gasteiger charge is -2.17. The van der Waals surface area contributed by atoms with Gasteiger partial charge in [-0.1, -0.05) is 54.6 Å². The number of nitrogens with one attached hydrogen (secondary N) is 1. The van der Waals surface area contributed by atoms with Crippen LogP contribution in [0.3, 0.4) is 0 Å². The zero-order valence-electron chi connectivity index (χ0n) is 19.8. The molecule has 176 valence electrons. The van der Waals surface area contributed by atoms with Gasteiger partial charge in [-0.2, -0.15) is 5.26 Å². The van der Waals surface area contributed by atoms with Gasteiger partial charge in [-0.15, -0.1) is 0 Å². The number of nitrogens with zero attached hydrogens (tertiary/aromatic N) is 2. The molecule has 4 aromatic rings. The molecule has 1 heterocycles. The Morgan fingerprint density at radius 1 is 0.886 bits per heavy atom. The lowest BCUT2D eigenvalue weighted by molar-refractivity contribution is 0.299. The van der Waals surface area contributed by atoms with Crippen LogP contribution >= 0.6 is 0 Å². The predicted octanol–water partition coefficient (Wildman–Crippen LogP) is 5.51. The Balaban J connectivity index is 1.52. The second-order valence-corrected chi connectivity index (χ2v) is 7.88. The molecule has 0 bridgehead atoms. The number of aromatic nitrogens is 1. The number of pyridine rings is 1. The average molecular weight is 466 g/mol. The molecule has 0 aliphatic carbocycles. The molecule has 0 aliphatic rings. The fourth-order valence-corrected chi connectivity index (χ4v) is 3.92. The molecule has 6 heteroatoms. The molecule has 0 amide bonds. The van der Waals surface area contributed by atoms with Crippen molar-refractivity contribution < 1.29 is 14.2 Å². The van der Waals surface area contributed by atoms with Gasteiger partial charge in [-0.05, 0) is 22.8 Å². The summed E-state index contributed by atoms with van der Waals surface area (Å²) in [6, 6.07) is 25.7. The summed E-state index contributed by atoms with van der Waals surface area (Å²) in [4.78, 5) is 4.14. The predicted molar refractivity (Wildman–Crippen MR) is 135 cm³/mol. The Morgan fingerprint density at radius 3 is 2.31 bits per heavy atom. The van der Waals surface area contributed by atoms with Crippen molar-refractivity contribution in [2.24, 2.45) is 0 Å². The highest BCUT2D eigenvalue weighted by Crippen LogP contribution is 2.35. The first-order valence-electron chi connectivity index (χ1n) is 11.3. The van der Waals surface area contributed by atoms with E-state index in [0.717, 1.165) is 27.8 Å². The van der Waals surface area contributed by atoms with Crippen LogP contribution in [0.2, 0.25) is 0 Å². The Kier molecular flexibility index (Phi) is 7.95.